The lowest BCUT2D eigenvalue weighted by atomic mass is 10.2. The Morgan fingerprint density at radius 2 is 1.92 bits per heavy atom. The summed E-state index contributed by atoms with van der Waals surface area (Å²) in [6.07, 6.45) is 1.12. The minimum Gasteiger partial charge on any atom is -0.350 e. The zero-order valence-electron chi connectivity index (χ0n) is 14.1. The fourth-order valence-electron chi connectivity index (χ4n) is 2.73. The molecule has 0 bridgehead atoms. The molecule has 3 aromatic rings. The van der Waals surface area contributed by atoms with Gasteiger partial charge in [0, 0.05) is 24.9 Å². The molecule has 1 heterocycles. The maximum atomic E-state index is 12.3. The van der Waals surface area contributed by atoms with Crippen molar-refractivity contribution in [2.45, 2.75) is 18.4 Å². The van der Waals surface area contributed by atoms with Gasteiger partial charge in [0.25, 0.3) is 5.91 Å². The molecule has 3 rings (SSSR count). The SMILES string of the molecule is Cc1nc2ccccc2n1CCNC(=O)c1cccc(S(C)(=O)=O)c1. The summed E-state index contributed by atoms with van der Waals surface area (Å²) in [4.78, 5) is 16.9. The number of amides is 1. The van der Waals surface area contributed by atoms with Crippen LogP contribution in [0.1, 0.15) is 16.2 Å². The lowest BCUT2D eigenvalue weighted by molar-refractivity contribution is 0.0952. The second-order valence-corrected chi connectivity index (χ2v) is 7.87. The molecule has 6 nitrogen and oxygen atoms in total. The Kier molecular flexibility index (Phi) is 4.59. The molecule has 0 aliphatic heterocycles. The van der Waals surface area contributed by atoms with Gasteiger partial charge in [0.15, 0.2) is 9.84 Å². The standard InChI is InChI=1S/C18H19N3O3S/c1-13-20-16-8-3-4-9-17(16)21(13)11-10-19-18(22)14-6-5-7-15(12-14)25(2,23)24/h3-9,12H,10-11H2,1-2H3,(H,19,22). The van der Waals surface area contributed by atoms with Crippen LogP contribution < -0.4 is 5.32 Å². The first-order valence-corrected chi connectivity index (χ1v) is 9.75. The average molecular weight is 357 g/mol. The summed E-state index contributed by atoms with van der Waals surface area (Å²) >= 11 is 0. The Balaban J connectivity index is 1.70. The minimum absolute atomic E-state index is 0.136. The topological polar surface area (TPSA) is 81.1 Å². The number of carbonyl (C=O) groups is 1. The van der Waals surface area contributed by atoms with Crippen LogP contribution in [0.15, 0.2) is 53.4 Å². The van der Waals surface area contributed by atoms with E-state index in [9.17, 15) is 13.2 Å². The summed E-state index contributed by atoms with van der Waals surface area (Å²) in [7, 11) is -3.34. The lowest BCUT2D eigenvalue weighted by Gasteiger charge is -2.09. The molecule has 1 aromatic heterocycles. The van der Waals surface area contributed by atoms with Crippen LogP contribution >= 0.6 is 0 Å². The molecule has 1 N–H and O–H groups in total. The summed E-state index contributed by atoms with van der Waals surface area (Å²) in [5.74, 6) is 0.585. The van der Waals surface area contributed by atoms with Gasteiger partial charge in [-0.3, -0.25) is 4.79 Å². The molecule has 0 unspecified atom stereocenters. The molecule has 25 heavy (non-hydrogen) atoms. The summed E-state index contributed by atoms with van der Waals surface area (Å²) in [5.41, 5.74) is 2.27. The predicted molar refractivity (Wildman–Crippen MR) is 96.4 cm³/mol. The number of hydrogen-bond donors (Lipinski definition) is 1. The van der Waals surface area contributed by atoms with Gasteiger partial charge < -0.3 is 9.88 Å². The van der Waals surface area contributed by atoms with Crippen LogP contribution in [0.2, 0.25) is 0 Å². The second kappa shape index (κ2) is 6.68. The number of hydrogen-bond acceptors (Lipinski definition) is 4. The van der Waals surface area contributed by atoms with Crippen LogP contribution in [0.25, 0.3) is 11.0 Å². The predicted octanol–water partition coefficient (Wildman–Crippen LogP) is 2.18. The largest absolute Gasteiger partial charge is 0.350 e. The van der Waals surface area contributed by atoms with Crippen molar-refractivity contribution in [1.82, 2.24) is 14.9 Å². The number of sulfone groups is 1. The van der Waals surface area contributed by atoms with Crippen molar-refractivity contribution in [2.75, 3.05) is 12.8 Å². The molecule has 0 spiro atoms. The molecule has 130 valence electrons. The molecular weight excluding hydrogens is 338 g/mol. The van der Waals surface area contributed by atoms with Crippen molar-refractivity contribution in [1.29, 1.82) is 0 Å². The van der Waals surface area contributed by atoms with E-state index in [1.54, 1.807) is 12.1 Å². The number of fused-ring (bicyclic) bond motifs is 1. The molecule has 1 amide bonds. The Bertz CT molecular complexity index is 1040. The van der Waals surface area contributed by atoms with Gasteiger partial charge in [0.05, 0.1) is 15.9 Å². The first kappa shape index (κ1) is 17.2. The van der Waals surface area contributed by atoms with Crippen LogP contribution in [-0.4, -0.2) is 36.7 Å². The van der Waals surface area contributed by atoms with Gasteiger partial charge in [-0.25, -0.2) is 13.4 Å². The number of aryl methyl sites for hydroxylation is 1. The van der Waals surface area contributed by atoms with Gasteiger partial charge in [-0.2, -0.15) is 0 Å². The van der Waals surface area contributed by atoms with E-state index in [1.165, 1.54) is 12.1 Å². The molecule has 0 saturated heterocycles. The summed E-state index contributed by atoms with van der Waals surface area (Å²) < 4.78 is 25.2. The highest BCUT2D eigenvalue weighted by molar-refractivity contribution is 7.90. The molecule has 0 fully saturated rings. The number of para-hydroxylation sites is 2. The monoisotopic (exact) mass is 357 g/mol. The minimum atomic E-state index is -3.34. The van der Waals surface area contributed by atoms with Crippen LogP contribution in [0.3, 0.4) is 0 Å². The molecule has 2 aromatic carbocycles. The first-order valence-electron chi connectivity index (χ1n) is 7.86. The number of imidazole rings is 1. The molecule has 0 saturated carbocycles. The van der Waals surface area contributed by atoms with Crippen molar-refractivity contribution >= 4 is 26.8 Å². The Labute approximate surface area is 146 Å². The number of benzene rings is 2. The van der Waals surface area contributed by atoms with Gasteiger partial charge in [-0.1, -0.05) is 18.2 Å². The van der Waals surface area contributed by atoms with Gasteiger partial charge >= 0.3 is 0 Å². The zero-order valence-corrected chi connectivity index (χ0v) is 14.9. The molecule has 0 atom stereocenters. The van der Waals surface area contributed by atoms with Crippen molar-refractivity contribution in [2.24, 2.45) is 0 Å². The highest BCUT2D eigenvalue weighted by atomic mass is 32.2. The maximum absolute atomic E-state index is 12.3. The lowest BCUT2D eigenvalue weighted by Crippen LogP contribution is -2.27. The average Bonchev–Trinajstić information content (AvgIpc) is 2.90. The van der Waals surface area contributed by atoms with Crippen LogP contribution in [0, 0.1) is 6.92 Å². The van der Waals surface area contributed by atoms with Crippen molar-refractivity contribution in [3.05, 3.63) is 59.9 Å². The van der Waals surface area contributed by atoms with Crippen molar-refractivity contribution in [3.8, 4) is 0 Å². The number of rotatable bonds is 5. The van der Waals surface area contributed by atoms with E-state index in [0.29, 0.717) is 18.7 Å². The number of aromatic nitrogens is 2. The third-order valence-electron chi connectivity index (χ3n) is 3.99. The number of nitrogens with one attached hydrogen (secondary N) is 1. The van der Waals surface area contributed by atoms with Gasteiger partial charge in [0.2, 0.25) is 0 Å². The van der Waals surface area contributed by atoms with E-state index < -0.39 is 9.84 Å². The second-order valence-electron chi connectivity index (χ2n) is 5.86. The number of carbonyl (C=O) groups excluding carboxylic acids is 1. The van der Waals surface area contributed by atoms with Gasteiger partial charge in [-0.05, 0) is 37.3 Å². The van der Waals surface area contributed by atoms with Crippen LogP contribution in [-0.2, 0) is 16.4 Å². The summed E-state index contributed by atoms with van der Waals surface area (Å²) in [6, 6.07) is 13.9. The van der Waals surface area contributed by atoms with Gasteiger partial charge in [0.1, 0.15) is 5.82 Å². The third kappa shape index (κ3) is 3.71. The van der Waals surface area contributed by atoms with Crippen LogP contribution in [0.4, 0.5) is 0 Å². The Morgan fingerprint density at radius 3 is 2.68 bits per heavy atom. The first-order chi connectivity index (χ1) is 11.9. The molecule has 0 radical (unpaired) electrons. The molecular formula is C18H19N3O3S. The van der Waals surface area contributed by atoms with E-state index >= 15 is 0 Å². The maximum Gasteiger partial charge on any atom is 0.251 e. The van der Waals surface area contributed by atoms with E-state index in [2.05, 4.69) is 10.3 Å². The highest BCUT2D eigenvalue weighted by Crippen LogP contribution is 2.15. The molecule has 0 aliphatic rings. The summed E-state index contributed by atoms with van der Waals surface area (Å²) in [6.45, 7) is 2.93. The smallest absolute Gasteiger partial charge is 0.251 e. The Morgan fingerprint density at radius 1 is 1.16 bits per heavy atom. The zero-order chi connectivity index (χ0) is 18.0. The fourth-order valence-corrected chi connectivity index (χ4v) is 3.40. The highest BCUT2D eigenvalue weighted by Gasteiger charge is 2.12. The van der Waals surface area contributed by atoms with Crippen molar-refractivity contribution < 1.29 is 13.2 Å². The summed E-state index contributed by atoms with van der Waals surface area (Å²) in [5, 5.41) is 2.83. The van der Waals surface area contributed by atoms with E-state index in [1.807, 2.05) is 35.8 Å². The van der Waals surface area contributed by atoms with E-state index in [4.69, 9.17) is 0 Å². The fraction of sp³-hybridized carbons (Fsp3) is 0.222. The molecule has 0 aliphatic carbocycles. The quantitative estimate of drug-likeness (QED) is 0.759. The van der Waals surface area contributed by atoms with Crippen LogP contribution in [0.5, 0.6) is 0 Å². The van der Waals surface area contributed by atoms with E-state index in [-0.39, 0.29) is 10.8 Å². The normalized spacial score (nSPS) is 11.6. The Hall–Kier alpha value is -2.67. The third-order valence-corrected chi connectivity index (χ3v) is 5.10. The van der Waals surface area contributed by atoms with Gasteiger partial charge in [-0.15, -0.1) is 0 Å². The molecule has 7 heteroatoms. The van der Waals surface area contributed by atoms with E-state index in [0.717, 1.165) is 23.1 Å². The number of nitrogens with zero attached hydrogens (tertiary/aromatic N) is 2. The van der Waals surface area contributed by atoms with Crippen molar-refractivity contribution in [3.63, 3.8) is 0 Å².